The third-order valence-electron chi connectivity index (χ3n) is 4.30. The average molecular weight is 408 g/mol. The van der Waals surface area contributed by atoms with E-state index in [2.05, 4.69) is 0 Å². The SMILES string of the molecule is O=C(N1CCOCC1)N1CCN(S(=O)(=O)c2cc(Cl)ccc2Cl)CC1. The van der Waals surface area contributed by atoms with Crippen molar-refractivity contribution in [2.45, 2.75) is 4.90 Å². The average Bonchev–Trinajstić information content (AvgIpc) is 2.64. The molecule has 2 amide bonds. The molecule has 0 radical (unpaired) electrons. The zero-order valence-corrected chi connectivity index (χ0v) is 15.9. The molecule has 138 valence electrons. The molecule has 2 saturated heterocycles. The second-order valence-electron chi connectivity index (χ2n) is 5.85. The number of hydrogen-bond donors (Lipinski definition) is 0. The van der Waals surface area contributed by atoms with Gasteiger partial charge in [0.25, 0.3) is 0 Å². The highest BCUT2D eigenvalue weighted by atomic mass is 35.5. The third kappa shape index (κ3) is 4.03. The molecule has 2 aliphatic rings. The van der Waals surface area contributed by atoms with Crippen molar-refractivity contribution >= 4 is 39.3 Å². The fraction of sp³-hybridized carbons (Fsp3) is 0.533. The smallest absolute Gasteiger partial charge is 0.320 e. The zero-order valence-electron chi connectivity index (χ0n) is 13.5. The van der Waals surface area contributed by atoms with Gasteiger partial charge < -0.3 is 14.5 Å². The number of halogens is 2. The Morgan fingerprint density at radius 2 is 1.56 bits per heavy atom. The number of hydrogen-bond acceptors (Lipinski definition) is 4. The molecule has 0 aliphatic carbocycles. The summed E-state index contributed by atoms with van der Waals surface area (Å²) in [6.45, 7) is 3.33. The molecular weight excluding hydrogens is 389 g/mol. The van der Waals surface area contributed by atoms with Gasteiger partial charge in [-0.25, -0.2) is 13.2 Å². The highest BCUT2D eigenvalue weighted by molar-refractivity contribution is 7.89. The van der Waals surface area contributed by atoms with Gasteiger partial charge in [0.05, 0.1) is 18.2 Å². The molecule has 3 rings (SSSR count). The first-order valence-electron chi connectivity index (χ1n) is 7.96. The van der Waals surface area contributed by atoms with E-state index in [1.165, 1.54) is 16.4 Å². The Morgan fingerprint density at radius 1 is 0.960 bits per heavy atom. The Bertz CT molecular complexity index is 745. The van der Waals surface area contributed by atoms with Crippen molar-refractivity contribution in [2.24, 2.45) is 0 Å². The van der Waals surface area contributed by atoms with Gasteiger partial charge in [-0.3, -0.25) is 0 Å². The van der Waals surface area contributed by atoms with Crippen molar-refractivity contribution in [1.82, 2.24) is 14.1 Å². The van der Waals surface area contributed by atoms with Crippen LogP contribution < -0.4 is 0 Å². The van der Waals surface area contributed by atoms with E-state index in [1.807, 2.05) is 0 Å². The van der Waals surface area contributed by atoms with Gasteiger partial charge in [0.2, 0.25) is 10.0 Å². The first kappa shape index (κ1) is 18.7. The first-order chi connectivity index (χ1) is 11.9. The van der Waals surface area contributed by atoms with Gasteiger partial charge in [-0.2, -0.15) is 4.31 Å². The van der Waals surface area contributed by atoms with Crippen LogP contribution in [0.2, 0.25) is 10.0 Å². The van der Waals surface area contributed by atoms with Gasteiger partial charge in [-0.05, 0) is 18.2 Å². The lowest BCUT2D eigenvalue weighted by atomic mass is 10.3. The molecule has 1 aromatic carbocycles. The van der Waals surface area contributed by atoms with Gasteiger partial charge in [-0.1, -0.05) is 23.2 Å². The molecule has 0 saturated carbocycles. The van der Waals surface area contributed by atoms with Crippen molar-refractivity contribution in [1.29, 1.82) is 0 Å². The quantitative estimate of drug-likeness (QED) is 0.748. The van der Waals surface area contributed by atoms with Crippen LogP contribution in [0.5, 0.6) is 0 Å². The third-order valence-corrected chi connectivity index (χ3v) is 6.92. The fourth-order valence-corrected chi connectivity index (χ4v) is 5.05. The standard InChI is InChI=1S/C15H19Cl2N3O4S/c16-12-1-2-13(17)14(11-12)25(22,23)20-5-3-18(4-6-20)15(21)19-7-9-24-10-8-19/h1-2,11H,3-10H2. The highest BCUT2D eigenvalue weighted by Gasteiger charge is 2.33. The van der Waals surface area contributed by atoms with Gasteiger partial charge in [0.15, 0.2) is 0 Å². The maximum absolute atomic E-state index is 12.8. The lowest BCUT2D eigenvalue weighted by molar-refractivity contribution is 0.0405. The molecule has 0 N–H and O–H groups in total. The second-order valence-corrected chi connectivity index (χ2v) is 8.60. The molecular formula is C15H19Cl2N3O4S. The van der Waals surface area contributed by atoms with Crippen LogP contribution in [0.1, 0.15) is 0 Å². The summed E-state index contributed by atoms with van der Waals surface area (Å²) in [4.78, 5) is 15.9. The lowest BCUT2D eigenvalue weighted by Crippen LogP contribution is -2.55. The molecule has 0 aromatic heterocycles. The van der Waals surface area contributed by atoms with Crippen molar-refractivity contribution in [3.05, 3.63) is 28.2 Å². The summed E-state index contributed by atoms with van der Waals surface area (Å²) in [5, 5.41) is 0.445. The monoisotopic (exact) mass is 407 g/mol. The largest absolute Gasteiger partial charge is 0.378 e. The molecule has 1 aromatic rings. The predicted octanol–water partition coefficient (Wildman–Crippen LogP) is 1.75. The van der Waals surface area contributed by atoms with E-state index < -0.39 is 10.0 Å². The molecule has 25 heavy (non-hydrogen) atoms. The highest BCUT2D eigenvalue weighted by Crippen LogP contribution is 2.28. The Kier molecular flexibility index (Phi) is 5.75. The summed E-state index contributed by atoms with van der Waals surface area (Å²) in [6, 6.07) is 4.29. The van der Waals surface area contributed by atoms with E-state index in [0.29, 0.717) is 44.4 Å². The molecule has 0 spiro atoms. The van der Waals surface area contributed by atoms with Gasteiger partial charge in [0, 0.05) is 44.3 Å². The number of morpholine rings is 1. The Hall–Kier alpha value is -1.06. The van der Waals surface area contributed by atoms with E-state index in [-0.39, 0.29) is 29.0 Å². The molecule has 0 bridgehead atoms. The summed E-state index contributed by atoms with van der Waals surface area (Å²) >= 11 is 11.9. The van der Waals surface area contributed by atoms with E-state index in [1.54, 1.807) is 15.9 Å². The zero-order chi connectivity index (χ0) is 18.0. The number of rotatable bonds is 2. The first-order valence-corrected chi connectivity index (χ1v) is 10.2. The molecule has 0 unspecified atom stereocenters. The topological polar surface area (TPSA) is 70.2 Å². The van der Waals surface area contributed by atoms with Crippen molar-refractivity contribution in [3.8, 4) is 0 Å². The van der Waals surface area contributed by atoms with Crippen LogP contribution in [0.3, 0.4) is 0 Å². The van der Waals surface area contributed by atoms with Crippen molar-refractivity contribution in [2.75, 3.05) is 52.5 Å². The number of ether oxygens (including phenoxy) is 1. The van der Waals surface area contributed by atoms with E-state index >= 15 is 0 Å². The summed E-state index contributed by atoms with van der Waals surface area (Å²) < 4.78 is 32.2. The minimum Gasteiger partial charge on any atom is -0.378 e. The van der Waals surface area contributed by atoms with Crippen LogP contribution in [-0.4, -0.2) is 81.0 Å². The number of amides is 2. The molecule has 0 atom stereocenters. The van der Waals surface area contributed by atoms with Crippen LogP contribution in [-0.2, 0) is 14.8 Å². The Morgan fingerprint density at radius 3 is 2.20 bits per heavy atom. The summed E-state index contributed by atoms with van der Waals surface area (Å²) in [6.07, 6.45) is 0. The number of urea groups is 1. The number of nitrogens with zero attached hydrogens (tertiary/aromatic N) is 3. The Balaban J connectivity index is 1.67. The number of sulfonamides is 1. The number of benzene rings is 1. The molecule has 10 heteroatoms. The lowest BCUT2D eigenvalue weighted by Gasteiger charge is -2.38. The predicted molar refractivity (Wildman–Crippen MR) is 94.6 cm³/mol. The number of piperazine rings is 1. The van der Waals surface area contributed by atoms with Crippen LogP contribution >= 0.6 is 23.2 Å². The minimum atomic E-state index is -3.74. The van der Waals surface area contributed by atoms with Crippen LogP contribution in [0.15, 0.2) is 23.1 Å². The van der Waals surface area contributed by atoms with E-state index in [9.17, 15) is 13.2 Å². The van der Waals surface area contributed by atoms with Gasteiger partial charge in [0.1, 0.15) is 4.90 Å². The number of carbonyl (C=O) groups is 1. The maximum atomic E-state index is 12.8. The van der Waals surface area contributed by atoms with Gasteiger partial charge in [-0.15, -0.1) is 0 Å². The maximum Gasteiger partial charge on any atom is 0.320 e. The van der Waals surface area contributed by atoms with Crippen molar-refractivity contribution in [3.63, 3.8) is 0 Å². The Labute approximate surface area is 157 Å². The van der Waals surface area contributed by atoms with E-state index in [4.69, 9.17) is 27.9 Å². The molecule has 2 heterocycles. The minimum absolute atomic E-state index is 0.00498. The van der Waals surface area contributed by atoms with E-state index in [0.717, 1.165) is 0 Å². The second kappa shape index (κ2) is 7.67. The van der Waals surface area contributed by atoms with Crippen LogP contribution in [0, 0.1) is 0 Å². The fourth-order valence-electron chi connectivity index (χ4n) is 2.89. The number of carbonyl (C=O) groups excluding carboxylic acids is 1. The summed E-state index contributed by atoms with van der Waals surface area (Å²) in [5.74, 6) is 0. The molecule has 2 aliphatic heterocycles. The summed E-state index contributed by atoms with van der Waals surface area (Å²) in [5.41, 5.74) is 0. The molecule has 2 fully saturated rings. The van der Waals surface area contributed by atoms with Gasteiger partial charge >= 0.3 is 6.03 Å². The van der Waals surface area contributed by atoms with Crippen LogP contribution in [0.25, 0.3) is 0 Å². The van der Waals surface area contributed by atoms with Crippen LogP contribution in [0.4, 0.5) is 4.79 Å². The molecule has 7 nitrogen and oxygen atoms in total. The normalized spacial score (nSPS) is 19.9. The van der Waals surface area contributed by atoms with Crippen molar-refractivity contribution < 1.29 is 17.9 Å². The summed E-state index contributed by atoms with van der Waals surface area (Å²) in [7, 11) is -3.74.